The van der Waals surface area contributed by atoms with Gasteiger partial charge >= 0.3 is 5.97 Å². The Morgan fingerprint density at radius 1 is 1.42 bits per heavy atom. The summed E-state index contributed by atoms with van der Waals surface area (Å²) in [6.45, 7) is 0. The van der Waals surface area contributed by atoms with E-state index in [1.165, 1.54) is 0 Å². The van der Waals surface area contributed by atoms with E-state index >= 15 is 0 Å². The quantitative estimate of drug-likeness (QED) is 0.647. The zero-order chi connectivity index (χ0) is 14.0. The second-order valence-corrected chi connectivity index (χ2v) is 4.54. The molecule has 0 amide bonds. The van der Waals surface area contributed by atoms with E-state index < -0.39 is 28.0 Å². The van der Waals surface area contributed by atoms with Gasteiger partial charge in [-0.15, -0.1) is 0 Å². The van der Waals surface area contributed by atoms with Crippen LogP contribution in [0.15, 0.2) is 12.1 Å². The molecule has 7 heteroatoms. The summed E-state index contributed by atoms with van der Waals surface area (Å²) in [5.74, 6) is -2.49. The van der Waals surface area contributed by atoms with Crippen molar-refractivity contribution in [3.05, 3.63) is 33.6 Å². The molecular weight excluding hydrogens is 255 g/mol. The number of halogens is 1. The molecule has 1 aromatic carbocycles. The van der Waals surface area contributed by atoms with Gasteiger partial charge in [-0.1, -0.05) is 12.8 Å². The van der Waals surface area contributed by atoms with Crippen LogP contribution in [0.25, 0.3) is 0 Å². The van der Waals surface area contributed by atoms with Crippen molar-refractivity contribution < 1.29 is 19.2 Å². The van der Waals surface area contributed by atoms with Crippen molar-refractivity contribution in [3.8, 4) is 0 Å². The van der Waals surface area contributed by atoms with Gasteiger partial charge in [-0.2, -0.15) is 0 Å². The molecule has 0 radical (unpaired) electrons. The average molecular weight is 268 g/mol. The molecule has 1 aliphatic carbocycles. The standard InChI is InChI=1S/C12H13FN2O4/c13-9-6-10(14-7-3-1-2-4-7)11(15(18)19)5-8(9)12(16)17/h5-7,14H,1-4H2,(H,16,17). The van der Waals surface area contributed by atoms with Crippen LogP contribution in [-0.4, -0.2) is 22.0 Å². The van der Waals surface area contributed by atoms with Crippen LogP contribution in [0.1, 0.15) is 36.0 Å². The maximum absolute atomic E-state index is 13.6. The molecule has 0 atom stereocenters. The van der Waals surface area contributed by atoms with Crippen molar-refractivity contribution in [1.82, 2.24) is 0 Å². The molecule has 1 saturated carbocycles. The Balaban J connectivity index is 2.38. The lowest BCUT2D eigenvalue weighted by Gasteiger charge is -2.14. The summed E-state index contributed by atoms with van der Waals surface area (Å²) in [5, 5.41) is 22.6. The second kappa shape index (κ2) is 5.21. The van der Waals surface area contributed by atoms with E-state index in [-0.39, 0.29) is 11.7 Å². The molecule has 1 fully saturated rings. The lowest BCUT2D eigenvalue weighted by atomic mass is 10.1. The first-order chi connectivity index (χ1) is 8.99. The van der Waals surface area contributed by atoms with Crippen LogP contribution in [0.5, 0.6) is 0 Å². The summed E-state index contributed by atoms with van der Waals surface area (Å²) >= 11 is 0. The smallest absolute Gasteiger partial charge is 0.338 e. The number of nitrogens with one attached hydrogen (secondary N) is 1. The normalized spacial score (nSPS) is 15.4. The third kappa shape index (κ3) is 2.81. The zero-order valence-electron chi connectivity index (χ0n) is 10.1. The molecule has 1 aliphatic rings. The summed E-state index contributed by atoms with van der Waals surface area (Å²) in [4.78, 5) is 21.0. The van der Waals surface area contributed by atoms with E-state index in [1.54, 1.807) is 0 Å². The fraction of sp³-hybridized carbons (Fsp3) is 0.417. The average Bonchev–Trinajstić information content (AvgIpc) is 2.81. The highest BCUT2D eigenvalue weighted by molar-refractivity contribution is 5.90. The first-order valence-corrected chi connectivity index (χ1v) is 5.97. The van der Waals surface area contributed by atoms with E-state index in [9.17, 15) is 19.3 Å². The first kappa shape index (κ1) is 13.3. The van der Waals surface area contributed by atoms with Gasteiger partial charge in [0.2, 0.25) is 0 Å². The van der Waals surface area contributed by atoms with Gasteiger partial charge in [-0.3, -0.25) is 10.1 Å². The number of carbonyl (C=O) groups is 1. The Kier molecular flexibility index (Phi) is 3.64. The highest BCUT2D eigenvalue weighted by Crippen LogP contribution is 2.31. The Morgan fingerprint density at radius 3 is 2.58 bits per heavy atom. The minimum Gasteiger partial charge on any atom is -0.478 e. The predicted octanol–water partition coefficient (Wildman–Crippen LogP) is 2.79. The second-order valence-electron chi connectivity index (χ2n) is 4.54. The number of benzene rings is 1. The van der Waals surface area contributed by atoms with Gasteiger partial charge in [0.1, 0.15) is 17.1 Å². The summed E-state index contributed by atoms with van der Waals surface area (Å²) in [6, 6.07) is 1.73. The van der Waals surface area contributed by atoms with E-state index in [2.05, 4.69) is 5.32 Å². The molecule has 0 bridgehead atoms. The molecule has 2 N–H and O–H groups in total. The first-order valence-electron chi connectivity index (χ1n) is 5.97. The van der Waals surface area contributed by atoms with E-state index in [4.69, 9.17) is 5.11 Å². The molecule has 0 unspecified atom stereocenters. The van der Waals surface area contributed by atoms with Gasteiger partial charge in [0.25, 0.3) is 5.69 Å². The number of hydrogen-bond acceptors (Lipinski definition) is 4. The number of anilines is 1. The van der Waals surface area contributed by atoms with E-state index in [1.807, 2.05) is 0 Å². The molecule has 6 nitrogen and oxygen atoms in total. The van der Waals surface area contributed by atoms with Crippen molar-refractivity contribution in [2.75, 3.05) is 5.32 Å². The lowest BCUT2D eigenvalue weighted by Crippen LogP contribution is -2.16. The molecular formula is C12H13FN2O4. The molecule has 0 aliphatic heterocycles. The lowest BCUT2D eigenvalue weighted by molar-refractivity contribution is -0.384. The molecule has 19 heavy (non-hydrogen) atoms. The summed E-state index contributed by atoms with van der Waals surface area (Å²) in [5.41, 5.74) is -1.06. The highest BCUT2D eigenvalue weighted by Gasteiger charge is 2.24. The number of carboxylic acids is 1. The number of rotatable bonds is 4. The van der Waals surface area contributed by atoms with Crippen molar-refractivity contribution in [1.29, 1.82) is 0 Å². The zero-order valence-corrected chi connectivity index (χ0v) is 10.1. The predicted molar refractivity (Wildman–Crippen MR) is 65.9 cm³/mol. The van der Waals surface area contributed by atoms with Crippen LogP contribution in [0.4, 0.5) is 15.8 Å². The number of aromatic carboxylic acids is 1. The largest absolute Gasteiger partial charge is 0.478 e. The summed E-state index contributed by atoms with van der Waals surface area (Å²) in [7, 11) is 0. The maximum atomic E-state index is 13.6. The molecule has 0 saturated heterocycles. The number of nitro groups is 1. The Hall–Kier alpha value is -2.18. The van der Waals surface area contributed by atoms with Crippen molar-refractivity contribution in [3.63, 3.8) is 0 Å². The van der Waals surface area contributed by atoms with Crippen LogP contribution in [0.2, 0.25) is 0 Å². The Morgan fingerprint density at radius 2 is 2.05 bits per heavy atom. The highest BCUT2D eigenvalue weighted by atomic mass is 19.1. The van der Waals surface area contributed by atoms with Gasteiger partial charge in [0, 0.05) is 18.2 Å². The fourth-order valence-electron chi connectivity index (χ4n) is 2.28. The molecule has 2 rings (SSSR count). The number of nitro benzene ring substituents is 1. The van der Waals surface area contributed by atoms with Crippen LogP contribution < -0.4 is 5.32 Å². The van der Waals surface area contributed by atoms with E-state index in [0.717, 1.165) is 37.8 Å². The van der Waals surface area contributed by atoms with Gasteiger partial charge < -0.3 is 10.4 Å². The fourth-order valence-corrected chi connectivity index (χ4v) is 2.28. The molecule has 1 aromatic rings. The Bertz CT molecular complexity index is 527. The topological polar surface area (TPSA) is 92.5 Å². The molecule has 0 spiro atoms. The van der Waals surface area contributed by atoms with Crippen molar-refractivity contribution in [2.45, 2.75) is 31.7 Å². The monoisotopic (exact) mass is 268 g/mol. The SMILES string of the molecule is O=C(O)c1cc([N+](=O)[O-])c(NC2CCCC2)cc1F. The molecule has 102 valence electrons. The van der Waals surface area contributed by atoms with Gasteiger partial charge in [0.15, 0.2) is 0 Å². The van der Waals surface area contributed by atoms with Crippen LogP contribution in [0.3, 0.4) is 0 Å². The van der Waals surface area contributed by atoms with Crippen molar-refractivity contribution >= 4 is 17.3 Å². The number of hydrogen-bond donors (Lipinski definition) is 2. The summed E-state index contributed by atoms with van der Waals surface area (Å²) < 4.78 is 13.6. The van der Waals surface area contributed by atoms with Crippen LogP contribution in [0, 0.1) is 15.9 Å². The number of nitrogens with zero attached hydrogens (tertiary/aromatic N) is 1. The van der Waals surface area contributed by atoms with Crippen molar-refractivity contribution in [2.24, 2.45) is 0 Å². The van der Waals surface area contributed by atoms with Crippen LogP contribution >= 0.6 is 0 Å². The molecule has 0 aromatic heterocycles. The summed E-state index contributed by atoms with van der Waals surface area (Å²) in [6.07, 6.45) is 3.81. The minimum atomic E-state index is -1.52. The van der Waals surface area contributed by atoms with Gasteiger partial charge in [0.05, 0.1) is 4.92 Å². The maximum Gasteiger partial charge on any atom is 0.338 e. The van der Waals surface area contributed by atoms with Crippen LogP contribution in [-0.2, 0) is 0 Å². The molecule has 0 heterocycles. The van der Waals surface area contributed by atoms with E-state index in [0.29, 0.717) is 0 Å². The minimum absolute atomic E-state index is 0.0411. The third-order valence-electron chi connectivity index (χ3n) is 3.23. The van der Waals surface area contributed by atoms with Gasteiger partial charge in [-0.05, 0) is 12.8 Å². The third-order valence-corrected chi connectivity index (χ3v) is 3.23. The van der Waals surface area contributed by atoms with Gasteiger partial charge in [-0.25, -0.2) is 9.18 Å². The Labute approximate surface area is 108 Å². The number of carboxylic acid groups (broad SMARTS) is 1.